The Morgan fingerprint density at radius 2 is 1.26 bits per heavy atom. The number of hydrogen-bond donors (Lipinski definition) is 4. The van der Waals surface area contributed by atoms with Crippen molar-refractivity contribution in [1.82, 2.24) is 0 Å². The molecule has 0 aromatic rings. The second-order valence-corrected chi connectivity index (χ2v) is 28.4. The first kappa shape index (κ1) is 57.2. The Hall–Kier alpha value is -1.59. The van der Waals surface area contributed by atoms with Crippen molar-refractivity contribution in [1.29, 1.82) is 0 Å². The summed E-state index contributed by atoms with van der Waals surface area (Å²) in [6, 6.07) is 0. The molecule has 11 aliphatic heterocycles. The van der Waals surface area contributed by atoms with Gasteiger partial charge in [0.15, 0.2) is 5.78 Å². The van der Waals surface area contributed by atoms with Crippen LogP contribution in [0.5, 0.6) is 0 Å². The Bertz CT molecular complexity index is 2490. The van der Waals surface area contributed by atoms with Crippen molar-refractivity contribution in [3.05, 3.63) is 24.3 Å². The summed E-state index contributed by atoms with van der Waals surface area (Å²) in [7, 11) is -9.20. The first-order valence-electron chi connectivity index (χ1n) is 28.1. The summed E-state index contributed by atoms with van der Waals surface area (Å²) in [6.45, 7) is 17.0. The van der Waals surface area contributed by atoms with E-state index >= 15 is 0 Å². The molecule has 0 unspecified atom stereocenters. The van der Waals surface area contributed by atoms with Gasteiger partial charge in [0.25, 0.3) is 10.1 Å². The smallest absolute Gasteiger partial charge is 0.387 e. The quantitative estimate of drug-likeness (QED) is 0.135. The second kappa shape index (κ2) is 20.6. The summed E-state index contributed by atoms with van der Waals surface area (Å²) in [5, 5.41) is 23.8. The molecule has 11 saturated heterocycles. The van der Waals surface area contributed by atoms with Gasteiger partial charge in [0.2, 0.25) is 0 Å². The fraction of sp³-hybridized carbons (Fsp3) is 0.907. The summed E-state index contributed by atoms with van der Waals surface area (Å²) in [4.78, 5) is 11.6. The molecule has 4 N–H and O–H groups in total. The molecular formula is C54H82O21S2. The Morgan fingerprint density at radius 3 is 1.91 bits per heavy atom. The molecular weight excluding hydrogens is 1050 g/mol. The third-order valence-electron chi connectivity index (χ3n) is 19.9. The summed E-state index contributed by atoms with van der Waals surface area (Å²) in [5.74, 6) is -1.43. The molecule has 0 radical (unpaired) electrons. The Morgan fingerprint density at radius 1 is 0.701 bits per heavy atom. The molecule has 26 atom stereocenters. The molecule has 77 heavy (non-hydrogen) atoms. The zero-order chi connectivity index (χ0) is 55.0. The average Bonchev–Trinajstić information content (AvgIpc) is 3.46. The summed E-state index contributed by atoms with van der Waals surface area (Å²) in [5.41, 5.74) is -4.26. The highest BCUT2D eigenvalue weighted by atomic mass is 32.3. The maximum atomic E-state index is 12.3. The van der Waals surface area contributed by atoms with Gasteiger partial charge in [0.05, 0.1) is 132 Å². The lowest BCUT2D eigenvalue weighted by Crippen LogP contribution is -2.74. The van der Waals surface area contributed by atoms with Crippen LogP contribution in [-0.2, 0) is 81.6 Å². The van der Waals surface area contributed by atoms with Crippen LogP contribution in [-0.4, -0.2) is 198 Å². The average molecular weight is 1130 g/mol. The molecule has 23 heteroatoms. The molecule has 21 nitrogen and oxygen atoms in total. The third-order valence-corrected chi connectivity index (χ3v) is 21.2. The van der Waals surface area contributed by atoms with Gasteiger partial charge in [-0.05, 0) is 104 Å². The predicted octanol–water partition coefficient (Wildman–Crippen LogP) is 4.22. The van der Waals surface area contributed by atoms with E-state index in [4.69, 9.17) is 52.1 Å². The minimum Gasteiger partial charge on any atom is -0.387 e. The molecule has 436 valence electrons. The van der Waals surface area contributed by atoms with Gasteiger partial charge in [-0.1, -0.05) is 19.6 Å². The lowest BCUT2D eigenvalue weighted by Gasteiger charge is -2.61. The first-order valence-corrected chi connectivity index (χ1v) is 31.1. The standard InChI is InChI=1S/C54H82O21S2/c1-27-11-14-52(6)44(69-41-23-42-47(72-46(27)41)48(56)54(8)45(70-42)24-38-39(74-54)18-28(2)49(71-38)50(4,57)13-9-10-29(3)55)25-43-53(7,75-52)15-12-31-33(68-43)20-35-34(65-31)21-36-37(67-35)22-40-32(66-36)19-30(26-76(58,59)60)51(5,73-40)16-17-64-77(61,62)63/h9-10,27,30-49,56-57H,2,11-26H2,1,3-8H3,(H,58,59,60)(H,61,62,63)/b10-9+/t27-,30+,31-,32+,33+,34+,35-,36-,37+,38+,39-,40-,41-,42+,43-,44+,45-,46+,47+,48+,49-,50+,51+,52-,53+,54-/m0/s1. The molecule has 11 heterocycles. The largest absolute Gasteiger partial charge is 0.397 e. The number of aliphatic hydroxyl groups excluding tert-OH is 1. The second-order valence-electron chi connectivity index (χ2n) is 25.8. The van der Waals surface area contributed by atoms with E-state index in [1.54, 1.807) is 19.9 Å². The van der Waals surface area contributed by atoms with E-state index in [-0.39, 0.29) is 92.0 Å². The van der Waals surface area contributed by atoms with Crippen LogP contribution in [0.1, 0.15) is 138 Å². The lowest BCUT2D eigenvalue weighted by atomic mass is 9.72. The molecule has 0 bridgehead atoms. The third kappa shape index (κ3) is 11.2. The van der Waals surface area contributed by atoms with Gasteiger partial charge in [-0.2, -0.15) is 16.8 Å². The van der Waals surface area contributed by atoms with Crippen molar-refractivity contribution in [2.45, 2.75) is 282 Å². The van der Waals surface area contributed by atoms with Crippen molar-refractivity contribution in [2.75, 3.05) is 12.4 Å². The monoisotopic (exact) mass is 1130 g/mol. The number of hydrogen-bond acceptors (Lipinski definition) is 19. The molecule has 0 aromatic heterocycles. The number of rotatable bonds is 10. The Balaban J connectivity index is 0.749. The van der Waals surface area contributed by atoms with Gasteiger partial charge < -0.3 is 62.3 Å². The molecule has 0 saturated carbocycles. The highest BCUT2D eigenvalue weighted by Gasteiger charge is 2.65. The highest BCUT2D eigenvalue weighted by molar-refractivity contribution is 7.85. The minimum absolute atomic E-state index is 0.0655. The van der Waals surface area contributed by atoms with Gasteiger partial charge in [0, 0.05) is 50.9 Å². The lowest BCUT2D eigenvalue weighted by molar-refractivity contribution is -0.369. The van der Waals surface area contributed by atoms with Crippen LogP contribution in [0.2, 0.25) is 0 Å². The van der Waals surface area contributed by atoms with Crippen molar-refractivity contribution < 1.29 is 97.2 Å². The first-order chi connectivity index (χ1) is 36.0. The summed E-state index contributed by atoms with van der Waals surface area (Å²) in [6.07, 6.45) is 1.22. The van der Waals surface area contributed by atoms with Crippen LogP contribution in [0.25, 0.3) is 0 Å². The SMILES string of the molecule is C=C1C[C@@H]2O[C@@]3(C)[C@H](C[C@H]2O[C@@H]1[C@](C)(O)C/C=C/C(C)=O)O[C@@H]1C[C@@H]2O[C@@H]4C[C@@H]5O[C@@H]6C[C@@H]7O[C@@H]8C[C@@H]9O[C@](C)(CCOS(=O)(=O)O)[C@@H](CS(=O)(=O)O)C[C@H]9O[C@H]8C[C@H]7O[C@H]6CC[C@@]5(C)O[C@@]4(C)CC[C@H](C)[C@H]2O[C@H]1[C@H]3O. The predicted molar refractivity (Wildman–Crippen MR) is 271 cm³/mol. The minimum atomic E-state index is -4.75. The van der Waals surface area contributed by atoms with E-state index in [0.29, 0.717) is 63.4 Å². The summed E-state index contributed by atoms with van der Waals surface area (Å²) < 4.78 is 147. The Kier molecular flexibility index (Phi) is 15.3. The summed E-state index contributed by atoms with van der Waals surface area (Å²) >= 11 is 0. The maximum Gasteiger partial charge on any atom is 0.397 e. The maximum absolute atomic E-state index is 12.3. The molecule has 0 aliphatic carbocycles. The van der Waals surface area contributed by atoms with Gasteiger partial charge in [-0.15, -0.1) is 0 Å². The number of fused-ring (bicyclic) bond motifs is 10. The van der Waals surface area contributed by atoms with E-state index in [2.05, 4.69) is 31.5 Å². The van der Waals surface area contributed by atoms with Crippen molar-refractivity contribution >= 4 is 26.3 Å². The fourth-order valence-electron chi connectivity index (χ4n) is 15.6. The fourth-order valence-corrected chi connectivity index (χ4v) is 16.9. The number of ether oxygens (including phenoxy) is 11. The molecule has 0 spiro atoms. The number of allylic oxidation sites excluding steroid dienone is 1. The van der Waals surface area contributed by atoms with Crippen LogP contribution >= 0.6 is 0 Å². The van der Waals surface area contributed by atoms with Crippen molar-refractivity contribution in [3.8, 4) is 0 Å². The molecule has 0 amide bonds. The zero-order valence-corrected chi connectivity index (χ0v) is 47.0. The van der Waals surface area contributed by atoms with Crippen LogP contribution in [0.15, 0.2) is 24.3 Å². The van der Waals surface area contributed by atoms with E-state index in [0.717, 1.165) is 12.8 Å². The highest BCUT2D eigenvalue weighted by Crippen LogP contribution is 2.54. The van der Waals surface area contributed by atoms with E-state index in [9.17, 15) is 40.9 Å². The van der Waals surface area contributed by atoms with Crippen LogP contribution in [0.4, 0.5) is 0 Å². The molecule has 11 fully saturated rings. The van der Waals surface area contributed by atoms with E-state index in [1.165, 1.54) is 13.0 Å². The molecule has 0 aromatic carbocycles. The topological polar surface area (TPSA) is 277 Å². The molecule has 11 aliphatic rings. The molecule has 11 rings (SSSR count). The van der Waals surface area contributed by atoms with Crippen molar-refractivity contribution in [3.63, 3.8) is 0 Å². The van der Waals surface area contributed by atoms with E-state index < -0.39 is 122 Å². The number of aliphatic hydroxyl groups is 2. The Labute approximate surface area is 452 Å². The van der Waals surface area contributed by atoms with Gasteiger partial charge in [0.1, 0.15) is 23.9 Å². The van der Waals surface area contributed by atoms with Crippen LogP contribution in [0.3, 0.4) is 0 Å². The van der Waals surface area contributed by atoms with Gasteiger partial charge in [-0.25, -0.2) is 4.18 Å². The zero-order valence-electron chi connectivity index (χ0n) is 45.3. The van der Waals surface area contributed by atoms with Crippen molar-refractivity contribution in [2.24, 2.45) is 11.8 Å². The van der Waals surface area contributed by atoms with Gasteiger partial charge in [-0.3, -0.25) is 13.9 Å². The van der Waals surface area contributed by atoms with Gasteiger partial charge >= 0.3 is 10.4 Å². The number of carbonyl (C=O) groups excluding carboxylic acids is 1. The normalized spacial score (nSPS) is 51.6. The van der Waals surface area contributed by atoms with E-state index in [1.807, 2.05) is 6.92 Å². The number of ketones is 1. The van der Waals surface area contributed by atoms with Crippen LogP contribution in [0, 0.1) is 11.8 Å². The van der Waals surface area contributed by atoms with Crippen LogP contribution < -0.4 is 0 Å². The number of carbonyl (C=O) groups is 1.